The summed E-state index contributed by atoms with van der Waals surface area (Å²) in [6.45, 7) is 0. The Morgan fingerprint density at radius 3 is 1.50 bits per heavy atom. The van der Waals surface area contributed by atoms with Crippen molar-refractivity contribution in [2.45, 2.75) is 0 Å². The van der Waals surface area contributed by atoms with E-state index >= 15 is 0 Å². The van der Waals surface area contributed by atoms with Crippen molar-refractivity contribution in [1.82, 2.24) is 0 Å². The molecule has 0 aromatic heterocycles. The van der Waals surface area contributed by atoms with Gasteiger partial charge in [0, 0.05) is 0 Å². The summed E-state index contributed by atoms with van der Waals surface area (Å²) in [6.07, 6.45) is 0. The first-order chi connectivity index (χ1) is 2.00. The fourth-order valence-corrected chi connectivity index (χ4v) is 0. The SMILES string of the molecule is O=P(O)(O)O.[H+].[H-].[Na+]. The summed E-state index contributed by atoms with van der Waals surface area (Å²) < 4.78 is 8.88. The summed E-state index contributed by atoms with van der Waals surface area (Å²) in [4.78, 5) is 21.6. The third kappa shape index (κ3) is 70.1. The Hall–Kier alpha value is 1.11. The zero-order valence-electron chi connectivity index (χ0n) is 5.20. The van der Waals surface area contributed by atoms with Crippen molar-refractivity contribution in [3.8, 4) is 0 Å². The number of rotatable bonds is 0. The van der Waals surface area contributed by atoms with E-state index in [1.807, 2.05) is 0 Å². The van der Waals surface area contributed by atoms with E-state index in [0.717, 1.165) is 0 Å². The molecule has 0 heterocycles. The molecular weight excluding hydrogens is 118 g/mol. The van der Waals surface area contributed by atoms with Gasteiger partial charge in [-0.05, 0) is 0 Å². The summed E-state index contributed by atoms with van der Waals surface area (Å²) in [5, 5.41) is 0. The van der Waals surface area contributed by atoms with Gasteiger partial charge in [0.15, 0.2) is 0 Å². The van der Waals surface area contributed by atoms with Crippen molar-refractivity contribution < 1.29 is 51.7 Å². The normalized spacial score (nSPS) is 9.83. The molecule has 0 aromatic carbocycles. The predicted octanol–water partition coefficient (Wildman–Crippen LogP) is -3.70. The fraction of sp³-hybridized carbons (Fsp3) is 0. The van der Waals surface area contributed by atoms with Gasteiger partial charge in [-0.1, -0.05) is 0 Å². The number of phosphoric acid groups is 1. The molecule has 0 atom stereocenters. The Morgan fingerprint density at radius 2 is 1.50 bits per heavy atom. The monoisotopic (exact) mass is 123 g/mol. The maximum absolute atomic E-state index is 8.88. The molecule has 0 bridgehead atoms. The maximum atomic E-state index is 8.88. The van der Waals surface area contributed by atoms with Crippen LogP contribution >= 0.6 is 7.82 Å². The molecule has 0 spiro atoms. The summed E-state index contributed by atoms with van der Waals surface area (Å²) in [5.74, 6) is 0. The van der Waals surface area contributed by atoms with Gasteiger partial charge in [0.1, 0.15) is 0 Å². The van der Waals surface area contributed by atoms with Crippen LogP contribution in [0.1, 0.15) is 2.85 Å². The van der Waals surface area contributed by atoms with E-state index in [2.05, 4.69) is 0 Å². The van der Waals surface area contributed by atoms with Gasteiger partial charge in [-0.2, -0.15) is 0 Å². The minimum absolute atomic E-state index is 0. The van der Waals surface area contributed by atoms with Crippen molar-refractivity contribution in [2.24, 2.45) is 0 Å². The van der Waals surface area contributed by atoms with Gasteiger partial charge in [-0.3, -0.25) is 0 Å². The standard InChI is InChI=1S/Na.H3O4P.H/c;1-5(2,3)4;/h;(H3,1,2,3,4);/q+1;;-1/p+1. The smallest absolute Gasteiger partial charge is 1.00 e. The van der Waals surface area contributed by atoms with E-state index < -0.39 is 7.82 Å². The van der Waals surface area contributed by atoms with Crippen molar-refractivity contribution in [1.29, 1.82) is 0 Å². The molecule has 0 aliphatic heterocycles. The van der Waals surface area contributed by atoms with Crippen molar-refractivity contribution in [3.63, 3.8) is 0 Å². The zero-order chi connectivity index (χ0) is 4.50. The Kier molecular flexibility index (Phi) is 5.35. The Morgan fingerprint density at radius 1 is 1.50 bits per heavy atom. The van der Waals surface area contributed by atoms with E-state index in [-0.39, 0.29) is 32.4 Å². The average molecular weight is 123 g/mol. The average Bonchev–Trinajstić information content (AvgIpc) is 0.722. The largest absolute Gasteiger partial charge is 1.00 e. The molecule has 6 heavy (non-hydrogen) atoms. The van der Waals surface area contributed by atoms with E-state index in [0.29, 0.717) is 0 Å². The second kappa shape index (κ2) is 3.16. The molecular formula is H5NaO4P+. The molecule has 0 aliphatic carbocycles. The second-order valence-electron chi connectivity index (χ2n) is 0.513. The fourth-order valence-electron chi connectivity index (χ4n) is 0. The molecule has 0 amide bonds. The van der Waals surface area contributed by atoms with Crippen LogP contribution in [0.5, 0.6) is 0 Å². The van der Waals surface area contributed by atoms with Gasteiger partial charge in [-0.25, -0.2) is 4.57 Å². The summed E-state index contributed by atoms with van der Waals surface area (Å²) in [5.41, 5.74) is 0. The van der Waals surface area contributed by atoms with Crippen LogP contribution in [-0.4, -0.2) is 14.7 Å². The van der Waals surface area contributed by atoms with Crippen LogP contribution in [0.4, 0.5) is 0 Å². The van der Waals surface area contributed by atoms with Crippen LogP contribution in [0.25, 0.3) is 0 Å². The number of hydrogen-bond donors (Lipinski definition) is 3. The van der Waals surface area contributed by atoms with Crippen molar-refractivity contribution >= 4 is 7.82 Å². The van der Waals surface area contributed by atoms with Crippen LogP contribution in [0.15, 0.2) is 0 Å². The molecule has 0 fully saturated rings. The first-order valence-electron chi connectivity index (χ1n) is 0.783. The molecule has 0 aliphatic rings. The van der Waals surface area contributed by atoms with Crippen LogP contribution in [0, 0.1) is 0 Å². The topological polar surface area (TPSA) is 77.8 Å². The number of hydrogen-bond acceptors (Lipinski definition) is 1. The van der Waals surface area contributed by atoms with Crippen LogP contribution in [0.2, 0.25) is 0 Å². The van der Waals surface area contributed by atoms with E-state index in [9.17, 15) is 0 Å². The molecule has 0 radical (unpaired) electrons. The molecule has 3 N–H and O–H groups in total. The van der Waals surface area contributed by atoms with Crippen LogP contribution < -0.4 is 29.6 Å². The van der Waals surface area contributed by atoms with Gasteiger partial charge >= 0.3 is 38.8 Å². The quantitative estimate of drug-likeness (QED) is 0.229. The Labute approximate surface area is 59.7 Å². The molecule has 0 rings (SSSR count). The first-order valence-corrected chi connectivity index (χ1v) is 2.35. The van der Waals surface area contributed by atoms with E-state index in [1.165, 1.54) is 0 Å². The summed E-state index contributed by atoms with van der Waals surface area (Å²) in [6, 6.07) is 0. The van der Waals surface area contributed by atoms with Crippen molar-refractivity contribution in [3.05, 3.63) is 0 Å². The minimum atomic E-state index is -4.64. The molecule has 0 saturated heterocycles. The molecule has 0 unspecified atom stereocenters. The van der Waals surface area contributed by atoms with Gasteiger partial charge in [0.2, 0.25) is 0 Å². The van der Waals surface area contributed by atoms with Gasteiger partial charge in [0.25, 0.3) is 0 Å². The second-order valence-corrected chi connectivity index (χ2v) is 1.54. The third-order valence-electron chi connectivity index (χ3n) is 0. The van der Waals surface area contributed by atoms with Gasteiger partial charge < -0.3 is 16.1 Å². The van der Waals surface area contributed by atoms with E-state index in [4.69, 9.17) is 19.2 Å². The Balaban J connectivity index is -0.0000000267. The van der Waals surface area contributed by atoms with Gasteiger partial charge in [0.05, 0.1) is 0 Å². The maximum Gasteiger partial charge on any atom is 1.00 e. The molecule has 0 aromatic rings. The first kappa shape index (κ1) is 10.2. The zero-order valence-corrected chi connectivity index (χ0v) is 6.09. The van der Waals surface area contributed by atoms with E-state index in [1.54, 1.807) is 0 Å². The van der Waals surface area contributed by atoms with Gasteiger partial charge in [-0.15, -0.1) is 0 Å². The van der Waals surface area contributed by atoms with Crippen LogP contribution in [-0.2, 0) is 4.57 Å². The third-order valence-corrected chi connectivity index (χ3v) is 0. The Bertz CT molecular complexity index is 60.2. The minimum Gasteiger partial charge on any atom is -1.00 e. The van der Waals surface area contributed by atoms with Crippen LogP contribution in [0.3, 0.4) is 0 Å². The summed E-state index contributed by atoms with van der Waals surface area (Å²) >= 11 is 0. The molecule has 34 valence electrons. The summed E-state index contributed by atoms with van der Waals surface area (Å²) in [7, 11) is -4.64. The molecule has 0 saturated carbocycles. The predicted molar refractivity (Wildman–Crippen MR) is 16.5 cm³/mol. The molecule has 6 heteroatoms. The van der Waals surface area contributed by atoms with Crippen molar-refractivity contribution in [2.75, 3.05) is 0 Å². The molecule has 4 nitrogen and oxygen atoms in total.